The minimum absolute atomic E-state index is 0.0514. The summed E-state index contributed by atoms with van der Waals surface area (Å²) in [7, 11) is 0. The van der Waals surface area contributed by atoms with Gasteiger partial charge in [0.05, 0.1) is 5.02 Å². The minimum Gasteiger partial charge on any atom is -0.309 e. The molecule has 2 aromatic heterocycles. The maximum absolute atomic E-state index is 11.9. The lowest BCUT2D eigenvalue weighted by molar-refractivity contribution is -0.117. The summed E-state index contributed by atoms with van der Waals surface area (Å²) in [5.74, 6) is 0.586. The van der Waals surface area contributed by atoms with Gasteiger partial charge in [-0.2, -0.15) is 4.80 Å². The number of nitrogens with zero attached hydrogens (tertiary/aromatic N) is 5. The van der Waals surface area contributed by atoms with Gasteiger partial charge < -0.3 is 5.32 Å². The molecule has 0 unspecified atom stereocenters. The van der Waals surface area contributed by atoms with E-state index < -0.39 is 0 Å². The number of rotatable bonds is 4. The van der Waals surface area contributed by atoms with Crippen LogP contribution in [0.5, 0.6) is 0 Å². The minimum atomic E-state index is -0.299. The first-order valence-corrected chi connectivity index (χ1v) is 6.83. The summed E-state index contributed by atoms with van der Waals surface area (Å²) in [6, 6.07) is 12.7. The highest BCUT2D eigenvalue weighted by molar-refractivity contribution is 6.30. The van der Waals surface area contributed by atoms with Crippen molar-refractivity contribution in [1.82, 2.24) is 25.2 Å². The first kappa shape index (κ1) is 14.2. The summed E-state index contributed by atoms with van der Waals surface area (Å²) in [5.41, 5.74) is 0.841. The van der Waals surface area contributed by atoms with Crippen LogP contribution in [0.1, 0.15) is 0 Å². The van der Waals surface area contributed by atoms with Crippen LogP contribution < -0.4 is 5.32 Å². The second-order valence-electron chi connectivity index (χ2n) is 4.42. The van der Waals surface area contributed by atoms with Gasteiger partial charge in [-0.3, -0.25) is 4.79 Å². The Labute approximate surface area is 130 Å². The Kier molecular flexibility index (Phi) is 4.06. The number of benzene rings is 1. The molecule has 0 saturated heterocycles. The van der Waals surface area contributed by atoms with Crippen LogP contribution in [-0.2, 0) is 11.3 Å². The molecule has 0 saturated carbocycles. The average Bonchev–Trinajstić information content (AvgIpc) is 2.99. The predicted molar refractivity (Wildman–Crippen MR) is 81.1 cm³/mol. The summed E-state index contributed by atoms with van der Waals surface area (Å²) >= 11 is 5.73. The van der Waals surface area contributed by atoms with E-state index in [2.05, 4.69) is 25.7 Å². The molecule has 0 radical (unpaired) electrons. The Balaban J connectivity index is 1.65. The summed E-state index contributed by atoms with van der Waals surface area (Å²) in [4.78, 5) is 17.1. The van der Waals surface area contributed by atoms with Gasteiger partial charge in [0.15, 0.2) is 0 Å². The SMILES string of the molecule is O=C(Cn1nnc(-c2ccccc2)n1)Nc1ccc(Cl)cn1. The van der Waals surface area contributed by atoms with Gasteiger partial charge in [-0.05, 0) is 17.3 Å². The van der Waals surface area contributed by atoms with Crippen LogP contribution in [0.25, 0.3) is 11.4 Å². The number of amides is 1. The molecular formula is C14H11ClN6O. The van der Waals surface area contributed by atoms with Crippen molar-refractivity contribution in [3.8, 4) is 11.4 Å². The van der Waals surface area contributed by atoms with E-state index in [1.807, 2.05) is 30.3 Å². The summed E-state index contributed by atoms with van der Waals surface area (Å²) in [6.45, 7) is -0.0514. The number of hydrogen-bond donors (Lipinski definition) is 1. The van der Waals surface area contributed by atoms with Gasteiger partial charge in [0.25, 0.3) is 0 Å². The quantitative estimate of drug-likeness (QED) is 0.796. The number of tetrazole rings is 1. The highest BCUT2D eigenvalue weighted by atomic mass is 35.5. The number of carbonyl (C=O) groups is 1. The highest BCUT2D eigenvalue weighted by Gasteiger charge is 2.09. The Bertz CT molecular complexity index is 772. The van der Waals surface area contributed by atoms with Crippen LogP contribution in [-0.4, -0.2) is 31.1 Å². The Morgan fingerprint density at radius 1 is 1.18 bits per heavy atom. The fourth-order valence-corrected chi connectivity index (χ4v) is 1.89. The van der Waals surface area contributed by atoms with Crippen molar-refractivity contribution >= 4 is 23.3 Å². The van der Waals surface area contributed by atoms with Crippen LogP contribution >= 0.6 is 11.6 Å². The van der Waals surface area contributed by atoms with E-state index in [1.54, 1.807) is 12.1 Å². The topological polar surface area (TPSA) is 85.6 Å². The van der Waals surface area contributed by atoms with E-state index in [9.17, 15) is 4.79 Å². The van der Waals surface area contributed by atoms with Crippen molar-refractivity contribution in [2.24, 2.45) is 0 Å². The van der Waals surface area contributed by atoms with Crippen molar-refractivity contribution in [2.75, 3.05) is 5.32 Å². The number of carbonyl (C=O) groups excluding carboxylic acids is 1. The zero-order chi connectivity index (χ0) is 15.4. The second kappa shape index (κ2) is 6.31. The molecule has 1 amide bonds. The molecule has 22 heavy (non-hydrogen) atoms. The molecule has 7 nitrogen and oxygen atoms in total. The Hall–Kier alpha value is -2.80. The first-order valence-electron chi connectivity index (χ1n) is 6.45. The maximum atomic E-state index is 11.9. The largest absolute Gasteiger partial charge is 0.309 e. The molecular weight excluding hydrogens is 304 g/mol. The molecule has 2 heterocycles. The lowest BCUT2D eigenvalue weighted by Crippen LogP contribution is -2.21. The third kappa shape index (κ3) is 3.44. The fourth-order valence-electron chi connectivity index (χ4n) is 1.77. The van der Waals surface area contributed by atoms with Gasteiger partial charge in [0.1, 0.15) is 12.4 Å². The number of pyridine rings is 1. The van der Waals surface area contributed by atoms with E-state index in [-0.39, 0.29) is 12.5 Å². The van der Waals surface area contributed by atoms with Gasteiger partial charge >= 0.3 is 0 Å². The summed E-state index contributed by atoms with van der Waals surface area (Å²) in [5, 5.41) is 15.1. The second-order valence-corrected chi connectivity index (χ2v) is 4.86. The smallest absolute Gasteiger partial charge is 0.249 e. The van der Waals surface area contributed by atoms with Crippen LogP contribution in [0.2, 0.25) is 5.02 Å². The molecule has 0 aliphatic carbocycles. The van der Waals surface area contributed by atoms with E-state index in [1.165, 1.54) is 11.0 Å². The van der Waals surface area contributed by atoms with Gasteiger partial charge in [-0.15, -0.1) is 10.2 Å². The average molecular weight is 315 g/mol. The molecule has 110 valence electrons. The van der Waals surface area contributed by atoms with Gasteiger partial charge in [-0.25, -0.2) is 4.98 Å². The van der Waals surface area contributed by atoms with Gasteiger partial charge in [-0.1, -0.05) is 41.9 Å². The standard InChI is InChI=1S/C14H11ClN6O/c15-11-6-7-12(16-8-11)17-13(22)9-21-19-14(18-20-21)10-4-2-1-3-5-10/h1-8H,9H2,(H,16,17,22). The van der Waals surface area contributed by atoms with Crippen molar-refractivity contribution in [3.63, 3.8) is 0 Å². The van der Waals surface area contributed by atoms with Crippen molar-refractivity contribution < 1.29 is 4.79 Å². The number of halogens is 1. The molecule has 0 bridgehead atoms. The molecule has 0 atom stereocenters. The number of hydrogen-bond acceptors (Lipinski definition) is 5. The monoisotopic (exact) mass is 314 g/mol. The lowest BCUT2D eigenvalue weighted by Gasteiger charge is -2.03. The molecule has 3 rings (SSSR count). The van der Waals surface area contributed by atoms with Crippen LogP contribution in [0.3, 0.4) is 0 Å². The van der Waals surface area contributed by atoms with Crippen LogP contribution in [0.4, 0.5) is 5.82 Å². The number of nitrogens with one attached hydrogen (secondary N) is 1. The normalized spacial score (nSPS) is 10.4. The molecule has 3 aromatic rings. The molecule has 0 spiro atoms. The van der Waals surface area contributed by atoms with Gasteiger partial charge in [0.2, 0.25) is 11.7 Å². The van der Waals surface area contributed by atoms with E-state index >= 15 is 0 Å². The van der Waals surface area contributed by atoms with E-state index in [0.29, 0.717) is 16.7 Å². The molecule has 0 fully saturated rings. The Morgan fingerprint density at radius 2 is 2.00 bits per heavy atom. The molecule has 0 aliphatic rings. The summed E-state index contributed by atoms with van der Waals surface area (Å²) < 4.78 is 0. The van der Waals surface area contributed by atoms with Crippen molar-refractivity contribution in [1.29, 1.82) is 0 Å². The predicted octanol–water partition coefficient (Wildman–Crippen LogP) is 2.03. The third-order valence-electron chi connectivity index (χ3n) is 2.76. The maximum Gasteiger partial charge on any atom is 0.249 e. The third-order valence-corrected chi connectivity index (χ3v) is 2.99. The van der Waals surface area contributed by atoms with Gasteiger partial charge in [0, 0.05) is 11.8 Å². The van der Waals surface area contributed by atoms with Crippen molar-refractivity contribution in [2.45, 2.75) is 6.54 Å². The van der Waals surface area contributed by atoms with E-state index in [0.717, 1.165) is 5.56 Å². The first-order chi connectivity index (χ1) is 10.7. The number of aromatic nitrogens is 5. The zero-order valence-electron chi connectivity index (χ0n) is 11.3. The molecule has 8 heteroatoms. The lowest BCUT2D eigenvalue weighted by atomic mass is 10.2. The van der Waals surface area contributed by atoms with Crippen molar-refractivity contribution in [3.05, 3.63) is 53.7 Å². The molecule has 1 N–H and O–H groups in total. The summed E-state index contributed by atoms with van der Waals surface area (Å²) in [6.07, 6.45) is 1.46. The van der Waals surface area contributed by atoms with Crippen LogP contribution in [0, 0.1) is 0 Å². The fraction of sp³-hybridized carbons (Fsp3) is 0.0714. The highest BCUT2D eigenvalue weighted by Crippen LogP contribution is 2.12. The number of anilines is 1. The zero-order valence-corrected chi connectivity index (χ0v) is 12.1. The Morgan fingerprint density at radius 3 is 2.73 bits per heavy atom. The molecule has 0 aliphatic heterocycles. The molecule has 1 aromatic carbocycles. The van der Waals surface area contributed by atoms with Crippen LogP contribution in [0.15, 0.2) is 48.7 Å². The van der Waals surface area contributed by atoms with E-state index in [4.69, 9.17) is 11.6 Å².